The van der Waals surface area contributed by atoms with Crippen LogP contribution in [0, 0.1) is 6.92 Å². The largest absolute Gasteiger partial charge is 0.493 e. The summed E-state index contributed by atoms with van der Waals surface area (Å²) in [4.78, 5) is 0. The van der Waals surface area contributed by atoms with Crippen molar-refractivity contribution in [3.8, 4) is 5.75 Å². The van der Waals surface area contributed by atoms with Crippen molar-refractivity contribution in [2.75, 3.05) is 13.2 Å². The van der Waals surface area contributed by atoms with Crippen molar-refractivity contribution in [1.82, 2.24) is 0 Å². The zero-order valence-corrected chi connectivity index (χ0v) is 14.6. The third-order valence-corrected chi connectivity index (χ3v) is 4.33. The zero-order valence-electron chi connectivity index (χ0n) is 14.6. The van der Waals surface area contributed by atoms with Gasteiger partial charge >= 0.3 is 0 Å². The Hall–Kier alpha value is -1.80. The normalized spacial score (nSPS) is 12.2. The van der Waals surface area contributed by atoms with Crippen molar-refractivity contribution in [2.24, 2.45) is 5.73 Å². The van der Waals surface area contributed by atoms with Crippen molar-refractivity contribution in [2.45, 2.75) is 46.0 Å². The second-order valence-corrected chi connectivity index (χ2v) is 6.18. The van der Waals surface area contributed by atoms with Crippen LogP contribution in [0.25, 0.3) is 0 Å². The molecule has 2 heteroatoms. The minimum absolute atomic E-state index is 0.349. The van der Waals surface area contributed by atoms with Gasteiger partial charge in [-0.15, -0.1) is 0 Å². The van der Waals surface area contributed by atoms with Crippen LogP contribution in [0.1, 0.15) is 48.4 Å². The van der Waals surface area contributed by atoms with Crippen molar-refractivity contribution < 1.29 is 4.74 Å². The third-order valence-electron chi connectivity index (χ3n) is 4.33. The molecule has 0 aliphatic heterocycles. The molecule has 0 aromatic heterocycles. The summed E-state index contributed by atoms with van der Waals surface area (Å²) in [5.41, 5.74) is 11.3. The molecule has 2 aromatic rings. The lowest BCUT2D eigenvalue weighted by Gasteiger charge is -2.18. The summed E-state index contributed by atoms with van der Waals surface area (Å²) in [5, 5.41) is 0. The molecule has 0 fully saturated rings. The number of nitrogens with two attached hydrogens (primary N) is 1. The molecule has 0 saturated heterocycles. The van der Waals surface area contributed by atoms with Gasteiger partial charge in [-0.3, -0.25) is 0 Å². The maximum Gasteiger partial charge on any atom is 0.122 e. The second kappa shape index (κ2) is 8.73. The molecule has 2 rings (SSSR count). The first-order valence-electron chi connectivity index (χ1n) is 8.69. The van der Waals surface area contributed by atoms with Crippen molar-refractivity contribution >= 4 is 0 Å². The smallest absolute Gasteiger partial charge is 0.122 e. The van der Waals surface area contributed by atoms with E-state index in [2.05, 4.69) is 63.2 Å². The molecule has 0 spiro atoms. The molecule has 2 N–H and O–H groups in total. The molecule has 0 aliphatic rings. The lowest BCUT2D eigenvalue weighted by atomic mass is 9.90. The molecule has 124 valence electrons. The first-order valence-corrected chi connectivity index (χ1v) is 8.69. The molecular formula is C21H29NO. The Morgan fingerprint density at radius 2 is 1.70 bits per heavy atom. The Labute approximate surface area is 140 Å². The topological polar surface area (TPSA) is 35.2 Å². The quantitative estimate of drug-likeness (QED) is 0.771. The Balaban J connectivity index is 2.11. The molecular weight excluding hydrogens is 282 g/mol. The van der Waals surface area contributed by atoms with Gasteiger partial charge in [0.25, 0.3) is 0 Å². The Kier molecular flexibility index (Phi) is 6.66. The van der Waals surface area contributed by atoms with E-state index in [0.29, 0.717) is 12.5 Å². The van der Waals surface area contributed by atoms with Crippen LogP contribution in [0.3, 0.4) is 0 Å². The highest BCUT2D eigenvalue weighted by Crippen LogP contribution is 2.26. The number of rotatable bonds is 8. The van der Waals surface area contributed by atoms with Crippen LogP contribution < -0.4 is 10.5 Å². The van der Waals surface area contributed by atoms with Crippen LogP contribution in [0.5, 0.6) is 5.75 Å². The van der Waals surface area contributed by atoms with Gasteiger partial charge in [0, 0.05) is 5.92 Å². The van der Waals surface area contributed by atoms with E-state index in [0.717, 1.165) is 31.6 Å². The Morgan fingerprint density at radius 3 is 2.26 bits per heavy atom. The molecule has 0 aliphatic carbocycles. The summed E-state index contributed by atoms with van der Waals surface area (Å²) >= 11 is 0. The predicted octanol–water partition coefficient (Wildman–Crippen LogP) is 4.63. The molecule has 0 amide bonds. The number of benzene rings is 2. The highest BCUT2D eigenvalue weighted by Gasteiger charge is 2.12. The van der Waals surface area contributed by atoms with Crippen LogP contribution in [0.4, 0.5) is 0 Å². The van der Waals surface area contributed by atoms with Gasteiger partial charge in [-0.25, -0.2) is 0 Å². The molecule has 1 atom stereocenters. The number of aryl methyl sites for hydroxylation is 2. The second-order valence-electron chi connectivity index (χ2n) is 6.18. The first-order chi connectivity index (χ1) is 11.2. The molecule has 23 heavy (non-hydrogen) atoms. The van der Waals surface area contributed by atoms with E-state index in [4.69, 9.17) is 10.5 Å². The van der Waals surface area contributed by atoms with E-state index in [1.54, 1.807) is 0 Å². The van der Waals surface area contributed by atoms with Gasteiger partial charge in [0.15, 0.2) is 0 Å². The van der Waals surface area contributed by atoms with Crippen LogP contribution in [-0.4, -0.2) is 13.2 Å². The van der Waals surface area contributed by atoms with Gasteiger partial charge in [-0.05, 0) is 61.1 Å². The van der Waals surface area contributed by atoms with Crippen LogP contribution >= 0.6 is 0 Å². The van der Waals surface area contributed by atoms with Crippen molar-refractivity contribution in [3.63, 3.8) is 0 Å². The molecule has 2 aromatic carbocycles. The number of hydrogen-bond donors (Lipinski definition) is 1. The van der Waals surface area contributed by atoms with Gasteiger partial charge in [-0.1, -0.05) is 50.2 Å². The fraction of sp³-hybridized carbons (Fsp3) is 0.429. The van der Waals surface area contributed by atoms with Crippen molar-refractivity contribution in [3.05, 3.63) is 64.7 Å². The van der Waals surface area contributed by atoms with E-state index in [9.17, 15) is 0 Å². The van der Waals surface area contributed by atoms with Crippen LogP contribution in [-0.2, 0) is 12.8 Å². The molecule has 1 unspecified atom stereocenters. The maximum atomic E-state index is 6.05. The minimum atomic E-state index is 0.349. The Bertz CT molecular complexity index is 604. The highest BCUT2D eigenvalue weighted by atomic mass is 16.5. The number of hydrogen-bond acceptors (Lipinski definition) is 2. The zero-order chi connectivity index (χ0) is 16.7. The van der Waals surface area contributed by atoms with Crippen LogP contribution in [0.15, 0.2) is 42.5 Å². The highest BCUT2D eigenvalue weighted by molar-refractivity contribution is 5.38. The minimum Gasteiger partial charge on any atom is -0.493 e. The van der Waals surface area contributed by atoms with Gasteiger partial charge in [0.2, 0.25) is 0 Å². The first kappa shape index (κ1) is 17.6. The summed E-state index contributed by atoms with van der Waals surface area (Å²) in [6.07, 6.45) is 3.09. The van der Waals surface area contributed by atoms with E-state index in [1.807, 2.05) is 0 Å². The summed E-state index contributed by atoms with van der Waals surface area (Å²) in [5.74, 6) is 1.33. The fourth-order valence-electron chi connectivity index (χ4n) is 2.83. The summed E-state index contributed by atoms with van der Waals surface area (Å²) < 4.78 is 5.77. The summed E-state index contributed by atoms with van der Waals surface area (Å²) in [7, 11) is 0. The molecule has 0 radical (unpaired) electrons. The maximum absolute atomic E-state index is 6.05. The predicted molar refractivity (Wildman–Crippen MR) is 98.3 cm³/mol. The average molecular weight is 311 g/mol. The standard InChI is InChI=1S/C21H29NO/c1-4-12-23-21-11-10-19(13-16(21)3)20(15-22)14-18-8-6-17(5-2)7-9-18/h6-11,13,20H,4-5,12,14-15,22H2,1-3H3. The van der Waals surface area contributed by atoms with E-state index < -0.39 is 0 Å². The number of ether oxygens (including phenoxy) is 1. The lowest BCUT2D eigenvalue weighted by Crippen LogP contribution is -2.15. The molecule has 0 heterocycles. The average Bonchev–Trinajstić information content (AvgIpc) is 2.59. The third kappa shape index (κ3) is 4.84. The summed E-state index contributed by atoms with van der Waals surface area (Å²) in [6, 6.07) is 15.4. The summed E-state index contributed by atoms with van der Waals surface area (Å²) in [6.45, 7) is 7.84. The van der Waals surface area contributed by atoms with Gasteiger partial charge < -0.3 is 10.5 Å². The monoisotopic (exact) mass is 311 g/mol. The molecule has 2 nitrogen and oxygen atoms in total. The van der Waals surface area contributed by atoms with Gasteiger partial charge in [0.1, 0.15) is 5.75 Å². The van der Waals surface area contributed by atoms with Crippen molar-refractivity contribution in [1.29, 1.82) is 0 Å². The fourth-order valence-corrected chi connectivity index (χ4v) is 2.83. The molecule has 0 saturated carbocycles. The SMILES string of the molecule is CCCOc1ccc(C(CN)Cc2ccc(CC)cc2)cc1C. The molecule has 0 bridgehead atoms. The van der Waals surface area contributed by atoms with Crippen LogP contribution in [0.2, 0.25) is 0 Å². The van der Waals surface area contributed by atoms with Gasteiger partial charge in [0.05, 0.1) is 6.61 Å². The van der Waals surface area contributed by atoms with E-state index in [-0.39, 0.29) is 0 Å². The van der Waals surface area contributed by atoms with Gasteiger partial charge in [-0.2, -0.15) is 0 Å². The Morgan fingerprint density at radius 1 is 1.00 bits per heavy atom. The van der Waals surface area contributed by atoms with E-state index in [1.165, 1.54) is 22.3 Å². The van der Waals surface area contributed by atoms with E-state index >= 15 is 0 Å². The lowest BCUT2D eigenvalue weighted by molar-refractivity contribution is 0.315.